The summed E-state index contributed by atoms with van der Waals surface area (Å²) in [5, 5.41) is 5.41. The summed E-state index contributed by atoms with van der Waals surface area (Å²) in [4.78, 5) is 32.8. The number of thiophene rings is 4. The molecular formula is C18H8N2O2S4. The lowest BCUT2D eigenvalue weighted by molar-refractivity contribution is 1.36. The van der Waals surface area contributed by atoms with Crippen LogP contribution in [0, 0.1) is 0 Å². The van der Waals surface area contributed by atoms with Crippen LogP contribution in [0.15, 0.2) is 44.6 Å². The van der Waals surface area contributed by atoms with Crippen molar-refractivity contribution in [3.05, 3.63) is 55.7 Å². The highest BCUT2D eigenvalue weighted by Gasteiger charge is 2.16. The molecule has 26 heavy (non-hydrogen) atoms. The Balaban J connectivity index is 1.70. The number of nitrogens with one attached hydrogen (secondary N) is 2. The van der Waals surface area contributed by atoms with Crippen molar-refractivity contribution in [3.8, 4) is 9.75 Å². The molecule has 6 heterocycles. The number of aromatic amines is 2. The van der Waals surface area contributed by atoms with Gasteiger partial charge in [0.25, 0.3) is 11.1 Å². The zero-order valence-electron chi connectivity index (χ0n) is 12.9. The van der Waals surface area contributed by atoms with Gasteiger partial charge in [-0.3, -0.25) is 9.59 Å². The standard InChI is InChI=1S/C18H8N2O2S4/c21-17-7-5-11(25-13(7)15-9(19-17)1-3-23-15)12-6-8-14(26-12)16-10(2-4-24-16)20-18(8)22/h1-6H,(H,19,21)(H,20,22). The average molecular weight is 413 g/mol. The van der Waals surface area contributed by atoms with Crippen molar-refractivity contribution >= 4 is 86.0 Å². The Morgan fingerprint density at radius 1 is 0.654 bits per heavy atom. The van der Waals surface area contributed by atoms with E-state index in [2.05, 4.69) is 9.97 Å². The van der Waals surface area contributed by atoms with Crippen LogP contribution in [0.4, 0.5) is 0 Å². The van der Waals surface area contributed by atoms with Crippen molar-refractivity contribution in [3.63, 3.8) is 0 Å². The maximum absolute atomic E-state index is 12.4. The van der Waals surface area contributed by atoms with Crippen LogP contribution in [0.5, 0.6) is 0 Å². The van der Waals surface area contributed by atoms with Gasteiger partial charge in [-0.25, -0.2) is 0 Å². The van der Waals surface area contributed by atoms with Gasteiger partial charge in [-0.1, -0.05) is 0 Å². The zero-order chi connectivity index (χ0) is 17.4. The van der Waals surface area contributed by atoms with Gasteiger partial charge in [0.1, 0.15) is 0 Å². The first-order valence-corrected chi connectivity index (χ1v) is 11.1. The average Bonchev–Trinajstić information content (AvgIpc) is 3.38. The molecule has 0 saturated carbocycles. The van der Waals surface area contributed by atoms with E-state index in [0.717, 1.165) is 39.6 Å². The molecule has 0 aliphatic rings. The van der Waals surface area contributed by atoms with Gasteiger partial charge in [0.15, 0.2) is 0 Å². The highest BCUT2D eigenvalue weighted by molar-refractivity contribution is 7.32. The second kappa shape index (κ2) is 5.14. The van der Waals surface area contributed by atoms with Gasteiger partial charge in [-0.2, -0.15) is 0 Å². The molecule has 2 N–H and O–H groups in total. The number of H-pyrrole nitrogens is 2. The normalized spacial score (nSPS) is 12.2. The van der Waals surface area contributed by atoms with Crippen LogP contribution in [-0.4, -0.2) is 9.97 Å². The summed E-state index contributed by atoms with van der Waals surface area (Å²) in [6, 6.07) is 7.77. The van der Waals surface area contributed by atoms with Crippen LogP contribution in [0.1, 0.15) is 0 Å². The number of hydrogen-bond acceptors (Lipinski definition) is 6. The molecule has 0 bridgehead atoms. The molecule has 0 aliphatic carbocycles. The molecule has 126 valence electrons. The van der Waals surface area contributed by atoms with E-state index in [1.54, 1.807) is 45.3 Å². The molecular weight excluding hydrogens is 404 g/mol. The second-order valence-electron chi connectivity index (χ2n) is 5.94. The Kier molecular flexibility index (Phi) is 2.94. The smallest absolute Gasteiger partial charge is 0.257 e. The van der Waals surface area contributed by atoms with Gasteiger partial charge in [0.2, 0.25) is 0 Å². The van der Waals surface area contributed by atoms with Gasteiger partial charge in [0, 0.05) is 9.75 Å². The van der Waals surface area contributed by atoms with E-state index in [-0.39, 0.29) is 11.1 Å². The van der Waals surface area contributed by atoms with Gasteiger partial charge >= 0.3 is 0 Å². The summed E-state index contributed by atoms with van der Waals surface area (Å²) in [6.45, 7) is 0. The summed E-state index contributed by atoms with van der Waals surface area (Å²) in [7, 11) is 0. The van der Waals surface area contributed by atoms with Crippen molar-refractivity contribution in [2.24, 2.45) is 0 Å². The molecule has 0 radical (unpaired) electrons. The SMILES string of the molecule is O=c1[nH]c2ccsc2c2sc(-c3cc4c(=O)[nH]c5ccsc5c4s3)cc12. The minimum Gasteiger partial charge on any atom is -0.321 e. The maximum atomic E-state index is 12.4. The van der Waals surface area contributed by atoms with Crippen molar-refractivity contribution in [1.29, 1.82) is 0 Å². The van der Waals surface area contributed by atoms with Crippen molar-refractivity contribution in [2.75, 3.05) is 0 Å². The monoisotopic (exact) mass is 412 g/mol. The van der Waals surface area contributed by atoms with E-state index >= 15 is 0 Å². The van der Waals surface area contributed by atoms with Crippen LogP contribution in [-0.2, 0) is 0 Å². The van der Waals surface area contributed by atoms with Crippen molar-refractivity contribution in [2.45, 2.75) is 0 Å². The first-order chi connectivity index (χ1) is 12.7. The Labute approximate surface area is 161 Å². The van der Waals surface area contributed by atoms with Gasteiger partial charge in [-0.05, 0) is 35.0 Å². The quantitative estimate of drug-likeness (QED) is 0.370. The molecule has 0 atom stereocenters. The summed E-state index contributed by atoms with van der Waals surface area (Å²) in [6.07, 6.45) is 0. The molecule has 0 spiro atoms. The fourth-order valence-electron chi connectivity index (χ4n) is 3.25. The van der Waals surface area contributed by atoms with E-state index in [0.29, 0.717) is 10.8 Å². The molecule has 6 rings (SSSR count). The van der Waals surface area contributed by atoms with Crippen LogP contribution in [0.25, 0.3) is 50.4 Å². The first-order valence-electron chi connectivity index (χ1n) is 7.75. The molecule has 0 fully saturated rings. The predicted octanol–water partition coefficient (Wildman–Crippen LogP) is 5.59. The first kappa shape index (κ1) is 14.9. The lowest BCUT2D eigenvalue weighted by Gasteiger charge is -1.91. The minimum atomic E-state index is -0.0620. The fraction of sp³-hybridized carbons (Fsp3) is 0. The topological polar surface area (TPSA) is 65.7 Å². The third-order valence-corrected chi connectivity index (χ3v) is 9.06. The van der Waals surface area contributed by atoms with Gasteiger partial charge < -0.3 is 9.97 Å². The number of fused-ring (bicyclic) bond motifs is 6. The van der Waals surface area contributed by atoms with Gasteiger partial charge in [0.05, 0.1) is 40.6 Å². The minimum absolute atomic E-state index is 0.0620. The highest BCUT2D eigenvalue weighted by atomic mass is 32.1. The molecule has 4 nitrogen and oxygen atoms in total. The Morgan fingerprint density at radius 3 is 1.58 bits per heavy atom. The summed E-state index contributed by atoms with van der Waals surface area (Å²) in [5.74, 6) is 0. The van der Waals surface area contributed by atoms with E-state index in [4.69, 9.17) is 0 Å². The molecule has 6 aromatic rings. The third kappa shape index (κ3) is 1.92. The predicted molar refractivity (Wildman–Crippen MR) is 115 cm³/mol. The van der Waals surface area contributed by atoms with Crippen LogP contribution in [0.3, 0.4) is 0 Å². The fourth-order valence-corrected chi connectivity index (χ4v) is 7.68. The molecule has 0 aromatic carbocycles. The Hall–Kier alpha value is -2.26. The molecule has 8 heteroatoms. The lowest BCUT2D eigenvalue weighted by atomic mass is 10.2. The molecule has 6 aromatic heterocycles. The molecule has 0 aliphatic heterocycles. The van der Waals surface area contributed by atoms with Crippen LogP contribution < -0.4 is 11.1 Å². The largest absolute Gasteiger partial charge is 0.321 e. The number of pyridine rings is 2. The van der Waals surface area contributed by atoms with Crippen LogP contribution >= 0.6 is 45.3 Å². The second-order valence-corrected chi connectivity index (χ2v) is 9.88. The Bertz CT molecular complexity index is 1470. The maximum Gasteiger partial charge on any atom is 0.257 e. The molecule has 0 unspecified atom stereocenters. The highest BCUT2D eigenvalue weighted by Crippen LogP contribution is 2.42. The van der Waals surface area contributed by atoms with Crippen LogP contribution in [0.2, 0.25) is 0 Å². The molecule has 0 saturated heterocycles. The Morgan fingerprint density at radius 2 is 1.12 bits per heavy atom. The van der Waals surface area contributed by atoms with E-state index in [9.17, 15) is 9.59 Å². The van der Waals surface area contributed by atoms with E-state index < -0.39 is 0 Å². The van der Waals surface area contributed by atoms with Gasteiger partial charge in [-0.15, -0.1) is 45.3 Å². The number of aromatic nitrogens is 2. The zero-order valence-corrected chi connectivity index (χ0v) is 16.2. The molecule has 0 amide bonds. The van der Waals surface area contributed by atoms with E-state index in [1.165, 1.54) is 0 Å². The van der Waals surface area contributed by atoms with Crippen molar-refractivity contribution < 1.29 is 0 Å². The third-order valence-electron chi connectivity index (χ3n) is 4.44. The lowest BCUT2D eigenvalue weighted by Crippen LogP contribution is -2.03. The summed E-state index contributed by atoms with van der Waals surface area (Å²) in [5.41, 5.74) is 1.64. The van der Waals surface area contributed by atoms with E-state index in [1.807, 2.05) is 35.0 Å². The number of hydrogen-bond donors (Lipinski definition) is 2. The summed E-state index contributed by atoms with van der Waals surface area (Å²) >= 11 is 6.51. The summed E-state index contributed by atoms with van der Waals surface area (Å²) < 4.78 is 4.24. The van der Waals surface area contributed by atoms with Crippen molar-refractivity contribution in [1.82, 2.24) is 9.97 Å². The number of rotatable bonds is 1.